The molecule has 16 heavy (non-hydrogen) atoms. The molecule has 1 aliphatic rings. The molecule has 3 unspecified atom stereocenters. The Morgan fingerprint density at radius 2 is 2.06 bits per heavy atom. The zero-order chi connectivity index (χ0) is 12.3. The van der Waals surface area contributed by atoms with Gasteiger partial charge in [-0.05, 0) is 11.8 Å². The van der Waals surface area contributed by atoms with Gasteiger partial charge in [0.05, 0.1) is 12.0 Å². The Labute approximate surface area is 97.4 Å². The van der Waals surface area contributed by atoms with E-state index in [0.717, 1.165) is 12.8 Å². The summed E-state index contributed by atoms with van der Waals surface area (Å²) in [6.45, 7) is 7.68. The van der Waals surface area contributed by atoms with E-state index in [2.05, 4.69) is 17.1 Å². The van der Waals surface area contributed by atoms with Crippen LogP contribution in [0, 0.1) is 17.8 Å². The van der Waals surface area contributed by atoms with Gasteiger partial charge in [-0.25, -0.2) is 0 Å². The van der Waals surface area contributed by atoms with Crippen molar-refractivity contribution >= 4 is 12.2 Å². The Bertz CT molecular complexity index is 266. The van der Waals surface area contributed by atoms with Crippen LogP contribution in [0.3, 0.4) is 0 Å². The summed E-state index contributed by atoms with van der Waals surface area (Å²) in [5, 5.41) is 2.69. The van der Waals surface area contributed by atoms with Crippen molar-refractivity contribution < 1.29 is 9.59 Å². The zero-order valence-corrected chi connectivity index (χ0v) is 10.6. The minimum atomic E-state index is -0.0582. The lowest BCUT2D eigenvalue weighted by molar-refractivity contribution is -0.125. The average molecular weight is 226 g/mol. The van der Waals surface area contributed by atoms with Crippen LogP contribution in [0.1, 0.15) is 20.8 Å². The Balaban J connectivity index is 2.68. The number of nitrogens with zero attached hydrogens (tertiary/aromatic N) is 1. The van der Waals surface area contributed by atoms with Gasteiger partial charge < -0.3 is 10.1 Å². The van der Waals surface area contributed by atoms with Crippen LogP contribution >= 0.6 is 0 Å². The molecule has 1 aliphatic heterocycles. The second kappa shape index (κ2) is 5.43. The quantitative estimate of drug-likeness (QED) is 0.711. The fourth-order valence-electron chi connectivity index (χ4n) is 2.44. The van der Waals surface area contributed by atoms with Gasteiger partial charge in [0.1, 0.15) is 6.29 Å². The van der Waals surface area contributed by atoms with E-state index in [0.29, 0.717) is 18.4 Å². The van der Waals surface area contributed by atoms with Crippen LogP contribution in [0.15, 0.2) is 0 Å². The highest BCUT2D eigenvalue weighted by Gasteiger charge is 2.37. The number of rotatable bonds is 4. The van der Waals surface area contributed by atoms with E-state index in [4.69, 9.17) is 0 Å². The number of hydrogen-bond donors (Lipinski definition) is 1. The molecule has 1 fully saturated rings. The van der Waals surface area contributed by atoms with Crippen molar-refractivity contribution in [1.29, 1.82) is 0 Å². The first-order valence-electron chi connectivity index (χ1n) is 5.92. The number of carbonyl (C=O) groups excluding carboxylic acids is 2. The van der Waals surface area contributed by atoms with Gasteiger partial charge in [0.2, 0.25) is 5.91 Å². The van der Waals surface area contributed by atoms with Crippen molar-refractivity contribution in [2.45, 2.75) is 26.8 Å². The minimum Gasteiger partial charge on any atom is -0.359 e. The van der Waals surface area contributed by atoms with Gasteiger partial charge in [0.15, 0.2) is 0 Å². The molecule has 1 saturated heterocycles. The molecule has 3 atom stereocenters. The highest BCUT2D eigenvalue weighted by Crippen LogP contribution is 2.26. The molecule has 0 aliphatic carbocycles. The van der Waals surface area contributed by atoms with Crippen molar-refractivity contribution in [2.24, 2.45) is 17.8 Å². The molecule has 1 rings (SSSR count). The largest absolute Gasteiger partial charge is 0.359 e. The number of likely N-dealkylation sites (tertiary alicyclic amines) is 1. The Kier molecular flexibility index (Phi) is 4.47. The topological polar surface area (TPSA) is 49.4 Å². The molecule has 92 valence electrons. The summed E-state index contributed by atoms with van der Waals surface area (Å²) in [7, 11) is 1.66. The number of carbonyl (C=O) groups is 2. The van der Waals surface area contributed by atoms with Gasteiger partial charge in [-0.3, -0.25) is 9.69 Å². The molecule has 0 radical (unpaired) electrons. The maximum Gasteiger partial charge on any atom is 0.224 e. The maximum absolute atomic E-state index is 11.6. The van der Waals surface area contributed by atoms with E-state index in [9.17, 15) is 9.59 Å². The number of aldehydes is 1. The van der Waals surface area contributed by atoms with Gasteiger partial charge in [-0.15, -0.1) is 0 Å². The van der Waals surface area contributed by atoms with Crippen molar-refractivity contribution in [2.75, 3.05) is 20.1 Å². The molecular weight excluding hydrogens is 204 g/mol. The van der Waals surface area contributed by atoms with Gasteiger partial charge in [0.25, 0.3) is 0 Å². The first-order chi connectivity index (χ1) is 7.51. The van der Waals surface area contributed by atoms with Crippen LogP contribution in [0.4, 0.5) is 0 Å². The molecule has 1 amide bonds. The van der Waals surface area contributed by atoms with Crippen molar-refractivity contribution in [3.8, 4) is 0 Å². The number of hydrogen-bond acceptors (Lipinski definition) is 3. The van der Waals surface area contributed by atoms with Crippen LogP contribution in [0.5, 0.6) is 0 Å². The Morgan fingerprint density at radius 3 is 2.50 bits per heavy atom. The standard InChI is InChI=1S/C12H22N2O2/c1-8(2)11(7-15)14-5-9(3)10(6-14)12(16)13-4/h7-11H,5-6H2,1-4H3,(H,13,16). The lowest BCUT2D eigenvalue weighted by Crippen LogP contribution is -2.39. The second-order valence-corrected chi connectivity index (χ2v) is 5.02. The van der Waals surface area contributed by atoms with Crippen molar-refractivity contribution in [3.63, 3.8) is 0 Å². The predicted molar refractivity (Wildman–Crippen MR) is 63.0 cm³/mol. The zero-order valence-electron chi connectivity index (χ0n) is 10.6. The van der Waals surface area contributed by atoms with Crippen LogP contribution in [0.2, 0.25) is 0 Å². The summed E-state index contributed by atoms with van der Waals surface area (Å²) in [6, 6.07) is -0.0582. The van der Waals surface area contributed by atoms with E-state index in [1.54, 1.807) is 7.05 Å². The highest BCUT2D eigenvalue weighted by molar-refractivity contribution is 5.79. The van der Waals surface area contributed by atoms with E-state index in [1.807, 2.05) is 13.8 Å². The third-order valence-corrected chi connectivity index (χ3v) is 3.47. The summed E-state index contributed by atoms with van der Waals surface area (Å²) < 4.78 is 0. The number of amides is 1. The third kappa shape index (κ3) is 2.61. The van der Waals surface area contributed by atoms with Crippen molar-refractivity contribution in [1.82, 2.24) is 10.2 Å². The third-order valence-electron chi connectivity index (χ3n) is 3.47. The molecule has 0 saturated carbocycles. The Morgan fingerprint density at radius 1 is 1.44 bits per heavy atom. The molecular formula is C12H22N2O2. The molecule has 1 N–H and O–H groups in total. The van der Waals surface area contributed by atoms with E-state index in [1.165, 1.54) is 0 Å². The predicted octanol–water partition coefficient (Wildman–Crippen LogP) is 0.524. The summed E-state index contributed by atoms with van der Waals surface area (Å²) in [6.07, 6.45) is 1.00. The Hall–Kier alpha value is -0.900. The minimum absolute atomic E-state index is 0.0196. The van der Waals surface area contributed by atoms with E-state index >= 15 is 0 Å². The summed E-state index contributed by atoms with van der Waals surface area (Å²) in [5.41, 5.74) is 0. The van der Waals surface area contributed by atoms with Gasteiger partial charge >= 0.3 is 0 Å². The maximum atomic E-state index is 11.6. The van der Waals surface area contributed by atoms with Crippen LogP contribution in [0.25, 0.3) is 0 Å². The lowest BCUT2D eigenvalue weighted by Gasteiger charge is -2.26. The first kappa shape index (κ1) is 13.2. The summed E-state index contributed by atoms with van der Waals surface area (Å²) in [5.74, 6) is 0.726. The normalized spacial score (nSPS) is 28.1. The molecule has 0 bridgehead atoms. The van der Waals surface area contributed by atoms with Gasteiger partial charge in [-0.1, -0.05) is 20.8 Å². The second-order valence-electron chi connectivity index (χ2n) is 5.02. The molecule has 0 spiro atoms. The highest BCUT2D eigenvalue weighted by atomic mass is 16.2. The average Bonchev–Trinajstić information content (AvgIpc) is 2.59. The molecule has 4 nitrogen and oxygen atoms in total. The summed E-state index contributed by atoms with van der Waals surface area (Å²) in [4.78, 5) is 24.8. The van der Waals surface area contributed by atoms with Crippen LogP contribution in [-0.4, -0.2) is 43.3 Å². The molecule has 0 aromatic rings. The molecule has 0 aromatic carbocycles. The smallest absolute Gasteiger partial charge is 0.224 e. The van der Waals surface area contributed by atoms with E-state index < -0.39 is 0 Å². The first-order valence-corrected chi connectivity index (χ1v) is 5.92. The van der Waals surface area contributed by atoms with Crippen LogP contribution < -0.4 is 5.32 Å². The SMILES string of the molecule is CNC(=O)C1CN(C(C=O)C(C)C)CC1C. The molecule has 1 heterocycles. The van der Waals surface area contributed by atoms with Crippen LogP contribution in [-0.2, 0) is 9.59 Å². The van der Waals surface area contributed by atoms with Crippen molar-refractivity contribution in [3.05, 3.63) is 0 Å². The fourth-order valence-corrected chi connectivity index (χ4v) is 2.44. The molecule has 4 heteroatoms. The monoisotopic (exact) mass is 226 g/mol. The van der Waals surface area contributed by atoms with Gasteiger partial charge in [-0.2, -0.15) is 0 Å². The van der Waals surface area contributed by atoms with Gasteiger partial charge in [0, 0.05) is 20.1 Å². The molecule has 0 aromatic heterocycles. The number of nitrogens with one attached hydrogen (secondary N) is 1. The fraction of sp³-hybridized carbons (Fsp3) is 0.833. The lowest BCUT2D eigenvalue weighted by atomic mass is 9.97. The summed E-state index contributed by atoms with van der Waals surface area (Å²) >= 11 is 0. The van der Waals surface area contributed by atoms with E-state index in [-0.39, 0.29) is 17.9 Å².